The Morgan fingerprint density at radius 2 is 0.619 bits per heavy atom. The monoisotopic (exact) mass is 1880 g/mol. The van der Waals surface area contributed by atoms with Crippen LogP contribution < -0.4 is 135 Å². The summed E-state index contributed by atoms with van der Waals surface area (Å²) in [4.78, 5) is 74.6. The van der Waals surface area contributed by atoms with E-state index in [2.05, 4.69) is 74.9 Å². The normalized spacial score (nSPS) is 11.3. The summed E-state index contributed by atoms with van der Waals surface area (Å²) in [7, 11) is 16.0. The van der Waals surface area contributed by atoms with E-state index in [1.165, 1.54) is 16.0 Å². The zero-order chi connectivity index (χ0) is 95.9. The van der Waals surface area contributed by atoms with E-state index in [1.807, 2.05) is 153 Å². The minimum absolute atomic E-state index is 0.0304. The molecule has 0 saturated heterocycles. The van der Waals surface area contributed by atoms with E-state index in [1.54, 1.807) is 190 Å². The van der Waals surface area contributed by atoms with E-state index in [9.17, 15) is 0 Å². The average molecular weight is 1890 g/mol. The van der Waals surface area contributed by atoms with E-state index < -0.39 is 0 Å². The molecule has 9 aromatic heterocycles. The third kappa shape index (κ3) is 45.4. The topological polar surface area (TPSA) is 836 Å². The Labute approximate surface area is 763 Å². The van der Waals surface area contributed by atoms with Crippen LogP contribution in [-0.4, -0.2) is 185 Å². The van der Waals surface area contributed by atoms with Gasteiger partial charge in [-0.05, 0) is 137 Å². The maximum absolute atomic E-state index is 7.58. The van der Waals surface area contributed by atoms with Gasteiger partial charge in [0.15, 0.2) is 53.6 Å². The van der Waals surface area contributed by atoms with Crippen LogP contribution in [0.15, 0.2) is 182 Å². The molecule has 0 atom stereocenters. The first-order valence-corrected chi connectivity index (χ1v) is 43.0. The number of aryl methyl sites for hydroxylation is 9. The van der Waals surface area contributed by atoms with Crippen molar-refractivity contribution < 1.29 is 4.42 Å². The molecule has 9 rings (SSSR count). The number of nitrogens with one attached hydrogen (secondary N) is 3. The second-order valence-electron chi connectivity index (χ2n) is 25.4. The molecule has 54 heteroatoms. The van der Waals surface area contributed by atoms with Crippen LogP contribution in [0.1, 0.15) is 46.0 Å². The molecule has 0 bridgehead atoms. The van der Waals surface area contributed by atoms with E-state index in [0.717, 1.165) is 81.7 Å². The lowest BCUT2D eigenvalue weighted by Crippen LogP contribution is -2.32. The van der Waals surface area contributed by atoms with Gasteiger partial charge in [0.25, 0.3) is 0 Å². The van der Waals surface area contributed by atoms with Crippen LogP contribution in [0.25, 0.3) is 0 Å². The second-order valence-corrected chi connectivity index (χ2v) is 33.6. The molecule has 0 aliphatic rings. The quantitative estimate of drug-likeness (QED) is 0.0660. The summed E-state index contributed by atoms with van der Waals surface area (Å²) in [6, 6.07) is 11.5. The lowest BCUT2D eigenvalue weighted by molar-refractivity contribution is 0.566. The minimum Gasteiger partial charge on any atom is -0.470 e. The molecule has 0 fully saturated rings. The Kier molecular flexibility index (Phi) is 48.9. The number of nitrogens with zero attached hydrogens (tertiary/aromatic N) is 21. The molecule has 126 heavy (non-hydrogen) atoms. The van der Waals surface area contributed by atoms with Crippen LogP contribution in [0.3, 0.4) is 0 Å². The Hall–Kier alpha value is -14.5. The third-order valence-corrected chi connectivity index (χ3v) is 20.9. The van der Waals surface area contributed by atoms with Gasteiger partial charge in [0.2, 0.25) is 53.6 Å². The fourth-order valence-corrected chi connectivity index (χ4v) is 13.4. The highest BCUT2D eigenvalue weighted by molar-refractivity contribution is 7.12. The molecule has 46 nitrogen and oxygen atoms in total. The number of nitrogens with two attached hydrogens (primary N) is 21. The molecule has 0 aliphatic heterocycles. The molecule has 0 amide bonds. The van der Waals surface area contributed by atoms with E-state index >= 15 is 0 Å². The van der Waals surface area contributed by atoms with Crippen molar-refractivity contribution in [1.29, 1.82) is 16.2 Å². The molecule has 0 aromatic carbocycles. The Morgan fingerprint density at radius 1 is 0.294 bits per heavy atom. The van der Waals surface area contributed by atoms with E-state index in [4.69, 9.17) is 141 Å². The van der Waals surface area contributed by atoms with Crippen molar-refractivity contribution in [1.82, 2.24) is 14.7 Å². The predicted molar refractivity (Wildman–Crippen MR) is 543 cm³/mol. The number of guanidine groups is 18. The van der Waals surface area contributed by atoms with Crippen LogP contribution in [0.4, 0.5) is 51.2 Å². The van der Waals surface area contributed by atoms with Gasteiger partial charge in [-0.15, -0.1) is 90.7 Å². The lowest BCUT2D eigenvalue weighted by atomic mass is 10.3. The molecule has 0 unspecified atom stereocenters. The molecular weight excluding hydrogens is 1770 g/mol. The summed E-state index contributed by atoms with van der Waals surface area (Å²) in [6.07, 6.45) is 3.09. The maximum atomic E-state index is 7.58. The highest BCUT2D eigenvalue weighted by Gasteiger charge is 2.13. The van der Waals surface area contributed by atoms with Gasteiger partial charge in [-0.3, -0.25) is 16.2 Å². The van der Waals surface area contributed by atoms with E-state index in [0.29, 0.717) is 23.6 Å². The minimum atomic E-state index is -0.103. The highest BCUT2D eigenvalue weighted by atomic mass is 32.1. The lowest BCUT2D eigenvalue weighted by Gasteiger charge is -2.16. The van der Waals surface area contributed by atoms with Crippen molar-refractivity contribution in [3.8, 4) is 0 Å². The van der Waals surface area contributed by atoms with Gasteiger partial charge in [0.1, 0.15) is 12.0 Å². The zero-order valence-corrected chi connectivity index (χ0v) is 79.6. The fraction of sp³-hybridized carbons (Fsp3) is 0.250. The number of thiophene rings is 8. The van der Waals surface area contributed by atoms with Crippen molar-refractivity contribution in [2.45, 2.75) is 62.3 Å². The zero-order valence-electron chi connectivity index (χ0n) is 73.1. The standard InChI is InChI=1S/C9H15N5O.2C9H15N5S.3C8H13N5S.3C7H11N5S/c1-6-4-15-5-7(6)12-8(10)13-9(11)14(2)3;1-6-4-7(5-15-6)12-8(10)13-9(11)14(2)3;1-6-7(4-5-15-6)12-8(10)13-9(11)14(2)3;1-5-3-14-4-6(5)13(2)8(11)12-7(9)10;1-5-3-6(4-14-5)13(2)8(11)12-7(9)10;1-5-6(3-4-14-5)13(2)8(11)12-7(9)10;1-4-2-13-3-5(4)11-7(10)12-6(8)9;1-4-2-5(3-13-4)11-7(10)12-6(8)9;1-4-5(2-3-13-4)11-7(10)12-6(8)9/h3*4-5H,1-3H3,(H4,10,11,12,13);3*3-4H,1-2H3,(H5,9,10,11,12);3*2-3H,1H3,(H6,8,9,10,11,12). The van der Waals surface area contributed by atoms with Crippen molar-refractivity contribution >= 4 is 249 Å². The molecular formula is C72H117N45OS8. The summed E-state index contributed by atoms with van der Waals surface area (Å²) >= 11 is 12.8. The van der Waals surface area contributed by atoms with Gasteiger partial charge < -0.3 is 154 Å². The van der Waals surface area contributed by atoms with Crippen LogP contribution in [0.5, 0.6) is 0 Å². The van der Waals surface area contributed by atoms with Gasteiger partial charge in [0, 0.05) is 125 Å². The summed E-state index contributed by atoms with van der Waals surface area (Å²) in [6.45, 7) is 17.7. The maximum Gasteiger partial charge on any atom is 0.225 e. The summed E-state index contributed by atoms with van der Waals surface area (Å²) in [5.41, 5.74) is 122. The number of aliphatic imine (C=N–C) groups is 15. The van der Waals surface area contributed by atoms with Gasteiger partial charge >= 0.3 is 0 Å². The number of anilines is 3. The van der Waals surface area contributed by atoms with Crippen LogP contribution in [-0.2, 0) is 0 Å². The fourth-order valence-electron chi connectivity index (χ4n) is 7.83. The first kappa shape index (κ1) is 110. The molecule has 9 heterocycles. The number of furan rings is 1. The smallest absolute Gasteiger partial charge is 0.225 e. The third-order valence-electron chi connectivity index (χ3n) is 14.1. The van der Waals surface area contributed by atoms with Gasteiger partial charge in [-0.2, -0.15) is 44.9 Å². The van der Waals surface area contributed by atoms with E-state index in [-0.39, 0.29) is 89.4 Å². The molecule has 45 N–H and O–H groups in total. The number of rotatable bonds is 9. The molecule has 0 aliphatic carbocycles. The second kappa shape index (κ2) is 56.3. The van der Waals surface area contributed by atoms with Crippen LogP contribution in [0.2, 0.25) is 0 Å². The number of hydrogen-bond donors (Lipinski definition) is 24. The molecule has 9 aromatic rings. The first-order chi connectivity index (χ1) is 58.8. The molecule has 0 saturated carbocycles. The SMILES string of the molecule is Cc1cc(N(C)C(=N)N=C(N)N)cs1.Cc1cc(N=C(N)N=C(N)N(C)C)cs1.Cc1cc(N=C(N)N=C(N)N)cs1.Cc1cocc1N=C(N)N=C(N)N(C)C.Cc1cscc1N(C)C(=N)N=C(N)N.Cc1cscc1N=C(N)N=C(N)N.Cc1sccc1N(C)C(=N)N=C(N)N.Cc1sccc1N=C(N)N=C(N)N.Cc1sccc1N=C(N)N=C(N)N(C)C. The largest absolute Gasteiger partial charge is 0.470 e. The Balaban J connectivity index is 0.000000709. The van der Waals surface area contributed by atoms with Gasteiger partial charge in [-0.25, -0.2) is 30.0 Å². The Bertz CT molecular complexity index is 5170. The molecule has 0 spiro atoms. The molecule has 0 radical (unpaired) electrons. The van der Waals surface area contributed by atoms with Crippen molar-refractivity contribution in [3.63, 3.8) is 0 Å². The Morgan fingerprint density at radius 3 is 0.921 bits per heavy atom. The first-order valence-electron chi connectivity index (χ1n) is 35.8. The van der Waals surface area contributed by atoms with Gasteiger partial charge in [0.05, 0.1) is 51.8 Å². The van der Waals surface area contributed by atoms with Gasteiger partial charge in [-0.1, -0.05) is 0 Å². The van der Waals surface area contributed by atoms with Crippen molar-refractivity contribution in [2.75, 3.05) is 78.1 Å². The summed E-state index contributed by atoms with van der Waals surface area (Å²) in [5.74, 6) is 1.15. The predicted octanol–water partition coefficient (Wildman–Crippen LogP) is 5.10. The summed E-state index contributed by atoms with van der Waals surface area (Å²) in [5, 5.41) is 42.1. The van der Waals surface area contributed by atoms with Crippen LogP contribution in [0, 0.1) is 78.5 Å². The highest BCUT2D eigenvalue weighted by Crippen LogP contribution is 2.29. The molecule has 684 valence electrons. The number of hydrogen-bond acceptors (Lipinski definition) is 18. The van der Waals surface area contributed by atoms with Crippen LogP contribution >= 0.6 is 90.7 Å². The van der Waals surface area contributed by atoms with Crippen molar-refractivity contribution in [2.24, 2.45) is 195 Å². The average Bonchev–Trinajstić information content (AvgIpc) is 1.61. The summed E-state index contributed by atoms with van der Waals surface area (Å²) < 4.78 is 4.95. The van der Waals surface area contributed by atoms with Crippen molar-refractivity contribution in [3.05, 3.63) is 149 Å².